The van der Waals surface area contributed by atoms with Crippen LogP contribution in [0.1, 0.15) is 29.3 Å². The summed E-state index contributed by atoms with van der Waals surface area (Å²) in [5.74, 6) is -0.752. The molecule has 0 atom stereocenters. The van der Waals surface area contributed by atoms with Crippen molar-refractivity contribution < 1.29 is 18.0 Å². The van der Waals surface area contributed by atoms with Crippen molar-refractivity contribution in [3.05, 3.63) is 90.0 Å². The first-order valence-corrected chi connectivity index (χ1v) is 11.2. The van der Waals surface area contributed by atoms with Gasteiger partial charge in [0, 0.05) is 16.9 Å². The van der Waals surface area contributed by atoms with Gasteiger partial charge >= 0.3 is 6.03 Å². The minimum Gasteiger partial charge on any atom is -0.308 e. The van der Waals surface area contributed by atoms with E-state index in [0.717, 1.165) is 18.4 Å². The molecule has 3 rings (SSSR count). The second-order valence-electron chi connectivity index (χ2n) is 6.85. The highest BCUT2D eigenvalue weighted by molar-refractivity contribution is 7.90. The van der Waals surface area contributed by atoms with Gasteiger partial charge in [0.25, 0.3) is 15.9 Å². The number of sulfonamides is 1. The molecule has 0 aliphatic heterocycles. The summed E-state index contributed by atoms with van der Waals surface area (Å²) < 4.78 is 27.0. The Morgan fingerprint density at radius 2 is 1.35 bits per heavy atom. The summed E-state index contributed by atoms with van der Waals surface area (Å²) in [5.41, 5.74) is 2.29. The van der Waals surface area contributed by atoms with Gasteiger partial charge in [0.1, 0.15) is 0 Å². The topological polar surface area (TPSA) is 104 Å². The lowest BCUT2D eigenvalue weighted by molar-refractivity contribution is 0.0981. The third kappa shape index (κ3) is 6.16. The molecule has 0 heterocycles. The molecule has 0 fully saturated rings. The number of aryl methyl sites for hydroxylation is 1. The molecule has 3 aromatic carbocycles. The Balaban J connectivity index is 1.61. The van der Waals surface area contributed by atoms with E-state index in [9.17, 15) is 18.0 Å². The third-order valence-corrected chi connectivity index (χ3v) is 5.78. The van der Waals surface area contributed by atoms with E-state index >= 15 is 0 Å². The third-order valence-electron chi connectivity index (χ3n) is 4.44. The van der Waals surface area contributed by atoms with E-state index in [-0.39, 0.29) is 10.5 Å². The van der Waals surface area contributed by atoms with Gasteiger partial charge in [-0.05, 0) is 60.5 Å². The van der Waals surface area contributed by atoms with E-state index in [1.165, 1.54) is 36.4 Å². The van der Waals surface area contributed by atoms with Crippen molar-refractivity contribution in [2.24, 2.45) is 0 Å². The Morgan fingerprint density at radius 1 is 0.774 bits per heavy atom. The highest BCUT2D eigenvalue weighted by Gasteiger charge is 2.18. The smallest absolute Gasteiger partial charge is 0.308 e. The fraction of sp³-hybridized carbons (Fsp3) is 0.130. The molecule has 3 amide bonds. The van der Waals surface area contributed by atoms with E-state index in [1.54, 1.807) is 36.4 Å². The van der Waals surface area contributed by atoms with E-state index in [1.807, 2.05) is 13.0 Å². The van der Waals surface area contributed by atoms with Gasteiger partial charge in [0.05, 0.1) is 4.90 Å². The van der Waals surface area contributed by atoms with Crippen LogP contribution < -0.4 is 15.4 Å². The number of carbonyl (C=O) groups excluding carboxylic acids is 2. The van der Waals surface area contributed by atoms with Gasteiger partial charge in [0.2, 0.25) is 0 Å². The molecule has 0 aliphatic carbocycles. The van der Waals surface area contributed by atoms with Crippen molar-refractivity contribution in [1.82, 2.24) is 4.72 Å². The van der Waals surface area contributed by atoms with Crippen LogP contribution in [-0.4, -0.2) is 20.4 Å². The Bertz CT molecular complexity index is 1140. The summed E-state index contributed by atoms with van der Waals surface area (Å²) in [7, 11) is -3.98. The van der Waals surface area contributed by atoms with Crippen molar-refractivity contribution >= 4 is 33.3 Å². The van der Waals surface area contributed by atoms with Crippen LogP contribution in [0.25, 0.3) is 0 Å². The van der Waals surface area contributed by atoms with Crippen LogP contribution in [0, 0.1) is 0 Å². The van der Waals surface area contributed by atoms with Crippen LogP contribution in [0.4, 0.5) is 16.2 Å². The standard InChI is InChI=1S/C23H23N3O4S/c1-2-6-17-9-15-21(16-10-17)31(29,30)26-22(27)18-11-13-20(14-12-18)25-23(28)24-19-7-4-3-5-8-19/h3-5,7-16H,2,6H2,1H3,(H,26,27)(H2,24,25,28). The molecule has 0 saturated heterocycles. The fourth-order valence-corrected chi connectivity index (χ4v) is 3.86. The molecule has 160 valence electrons. The Morgan fingerprint density at radius 3 is 1.94 bits per heavy atom. The number of urea groups is 1. The van der Waals surface area contributed by atoms with E-state index < -0.39 is 22.0 Å². The van der Waals surface area contributed by atoms with Crippen LogP contribution in [0.2, 0.25) is 0 Å². The van der Waals surface area contributed by atoms with Gasteiger partial charge in [-0.2, -0.15) is 0 Å². The molecule has 0 spiro atoms. The van der Waals surface area contributed by atoms with Crippen molar-refractivity contribution in [3.63, 3.8) is 0 Å². The Labute approximate surface area is 181 Å². The molecule has 0 aliphatic rings. The maximum atomic E-state index is 12.5. The lowest BCUT2D eigenvalue weighted by Crippen LogP contribution is -2.30. The van der Waals surface area contributed by atoms with Crippen LogP contribution in [0.5, 0.6) is 0 Å². The van der Waals surface area contributed by atoms with Crippen molar-refractivity contribution in [3.8, 4) is 0 Å². The summed E-state index contributed by atoms with van der Waals surface area (Å²) in [6.45, 7) is 2.04. The lowest BCUT2D eigenvalue weighted by atomic mass is 10.1. The number of carbonyl (C=O) groups is 2. The summed E-state index contributed by atoms with van der Waals surface area (Å²) in [4.78, 5) is 24.4. The minimum absolute atomic E-state index is 0.0246. The molecule has 3 N–H and O–H groups in total. The zero-order chi connectivity index (χ0) is 22.3. The second kappa shape index (κ2) is 9.90. The molecular formula is C23H23N3O4S. The predicted octanol–water partition coefficient (Wildman–Crippen LogP) is 4.40. The number of hydrogen-bond donors (Lipinski definition) is 3. The summed E-state index contributed by atoms with van der Waals surface area (Å²) >= 11 is 0. The molecule has 0 aromatic heterocycles. The van der Waals surface area contributed by atoms with Gasteiger partial charge < -0.3 is 10.6 Å². The van der Waals surface area contributed by atoms with Gasteiger partial charge in [-0.15, -0.1) is 0 Å². The average molecular weight is 438 g/mol. The quantitative estimate of drug-likeness (QED) is 0.509. The van der Waals surface area contributed by atoms with Crippen LogP contribution >= 0.6 is 0 Å². The molecule has 3 aromatic rings. The fourth-order valence-electron chi connectivity index (χ4n) is 2.88. The molecule has 0 unspecified atom stereocenters. The van der Waals surface area contributed by atoms with Crippen LogP contribution in [0.15, 0.2) is 83.8 Å². The van der Waals surface area contributed by atoms with Crippen LogP contribution in [0.3, 0.4) is 0 Å². The SMILES string of the molecule is CCCc1ccc(S(=O)(=O)NC(=O)c2ccc(NC(=O)Nc3ccccc3)cc2)cc1. The number of rotatable bonds is 7. The van der Waals surface area contributed by atoms with Crippen molar-refractivity contribution in [2.75, 3.05) is 10.6 Å². The van der Waals surface area contributed by atoms with Gasteiger partial charge in [0.15, 0.2) is 0 Å². The van der Waals surface area contributed by atoms with Gasteiger partial charge in [-0.3, -0.25) is 4.79 Å². The molecule has 31 heavy (non-hydrogen) atoms. The average Bonchev–Trinajstić information content (AvgIpc) is 2.75. The maximum absolute atomic E-state index is 12.5. The number of hydrogen-bond acceptors (Lipinski definition) is 4. The molecule has 0 bridgehead atoms. The normalized spacial score (nSPS) is 10.9. The van der Waals surface area contributed by atoms with Crippen molar-refractivity contribution in [1.29, 1.82) is 0 Å². The zero-order valence-electron chi connectivity index (χ0n) is 17.0. The Kier molecular flexibility index (Phi) is 7.04. The maximum Gasteiger partial charge on any atom is 0.323 e. The molecule has 0 saturated carbocycles. The first-order valence-electron chi connectivity index (χ1n) is 9.76. The summed E-state index contributed by atoms with van der Waals surface area (Å²) in [5, 5.41) is 5.33. The second-order valence-corrected chi connectivity index (χ2v) is 8.53. The summed E-state index contributed by atoms with van der Waals surface area (Å²) in [6.07, 6.45) is 1.82. The number of para-hydroxylation sites is 1. The van der Waals surface area contributed by atoms with Gasteiger partial charge in [-0.25, -0.2) is 17.9 Å². The number of anilines is 2. The highest BCUT2D eigenvalue weighted by atomic mass is 32.2. The Hall–Kier alpha value is -3.65. The predicted molar refractivity (Wildman–Crippen MR) is 121 cm³/mol. The van der Waals surface area contributed by atoms with E-state index in [4.69, 9.17) is 0 Å². The molecule has 7 nitrogen and oxygen atoms in total. The number of nitrogens with one attached hydrogen (secondary N) is 3. The van der Waals surface area contributed by atoms with Gasteiger partial charge in [-0.1, -0.05) is 43.7 Å². The number of benzene rings is 3. The van der Waals surface area contributed by atoms with E-state index in [2.05, 4.69) is 15.4 Å². The highest BCUT2D eigenvalue weighted by Crippen LogP contribution is 2.14. The van der Waals surface area contributed by atoms with E-state index in [0.29, 0.717) is 11.4 Å². The largest absolute Gasteiger partial charge is 0.323 e. The first kappa shape index (κ1) is 22.0. The lowest BCUT2D eigenvalue weighted by Gasteiger charge is -2.10. The minimum atomic E-state index is -3.98. The molecule has 0 radical (unpaired) electrons. The first-order chi connectivity index (χ1) is 14.9. The zero-order valence-corrected chi connectivity index (χ0v) is 17.8. The van der Waals surface area contributed by atoms with Crippen LogP contribution in [-0.2, 0) is 16.4 Å². The summed E-state index contributed by atoms with van der Waals surface area (Å²) in [6, 6.07) is 20.9. The number of amides is 3. The monoisotopic (exact) mass is 437 g/mol. The molecular weight excluding hydrogens is 414 g/mol. The van der Waals surface area contributed by atoms with Crippen molar-refractivity contribution in [2.45, 2.75) is 24.7 Å². The molecule has 8 heteroatoms.